The Kier molecular flexibility index (Phi) is 2.80. The van der Waals surface area contributed by atoms with Crippen molar-refractivity contribution in [2.45, 2.75) is 42.6 Å². The molecule has 1 heterocycles. The highest BCUT2D eigenvalue weighted by Gasteiger charge is 2.26. The van der Waals surface area contributed by atoms with E-state index in [1.54, 1.807) is 0 Å². The molecule has 0 N–H and O–H groups in total. The molecule has 0 aliphatic heterocycles. The van der Waals surface area contributed by atoms with Crippen molar-refractivity contribution in [3.8, 4) is 0 Å². The van der Waals surface area contributed by atoms with Gasteiger partial charge in [-0.1, -0.05) is 35.4 Å². The molecule has 1 fully saturated rings. The Morgan fingerprint density at radius 3 is 2.77 bits per heavy atom. The summed E-state index contributed by atoms with van der Waals surface area (Å²) < 4.78 is 2.67. The van der Waals surface area contributed by atoms with Crippen LogP contribution in [0.2, 0.25) is 0 Å². The fourth-order valence-corrected chi connectivity index (χ4v) is 2.99. The molecule has 0 bridgehead atoms. The molecule has 1 saturated carbocycles. The quantitative estimate of drug-likeness (QED) is 0.586. The van der Waals surface area contributed by atoms with Gasteiger partial charge >= 0.3 is 0 Å². The topological polar surface area (TPSA) is 43.6 Å². The standard InChI is InChI=1S/C8H13IN4/c1-6-10-11-12-13(6)8-5-3-2-4-7(8)9/h7-8H,2-5H2,1H3/t7-,8-/m1/s1. The molecule has 2 rings (SSSR count). The molecule has 0 unspecified atom stereocenters. The first-order valence-corrected chi connectivity index (χ1v) is 5.92. The second kappa shape index (κ2) is 3.89. The lowest BCUT2D eigenvalue weighted by molar-refractivity contribution is 0.338. The highest BCUT2D eigenvalue weighted by Crippen LogP contribution is 2.33. The minimum atomic E-state index is 0.518. The molecule has 1 aromatic rings. The summed E-state index contributed by atoms with van der Waals surface area (Å²) in [5.74, 6) is 0.938. The van der Waals surface area contributed by atoms with Gasteiger partial charge in [-0.15, -0.1) is 5.10 Å². The van der Waals surface area contributed by atoms with Gasteiger partial charge < -0.3 is 0 Å². The predicted octanol–water partition coefficient (Wildman–Crippen LogP) is 1.90. The fourth-order valence-electron chi connectivity index (χ4n) is 1.89. The largest absolute Gasteiger partial charge is 0.226 e. The van der Waals surface area contributed by atoms with Crippen LogP contribution in [-0.4, -0.2) is 24.1 Å². The summed E-state index contributed by atoms with van der Waals surface area (Å²) in [5, 5.41) is 11.7. The van der Waals surface area contributed by atoms with Gasteiger partial charge in [0.25, 0.3) is 0 Å². The van der Waals surface area contributed by atoms with Gasteiger partial charge in [-0.25, -0.2) is 4.68 Å². The first-order valence-electron chi connectivity index (χ1n) is 4.67. The number of nitrogens with zero attached hydrogens (tertiary/aromatic N) is 4. The number of alkyl halides is 1. The number of aryl methyl sites for hydroxylation is 1. The molecule has 5 heteroatoms. The molecule has 1 aliphatic rings. The van der Waals surface area contributed by atoms with Crippen LogP contribution in [0.3, 0.4) is 0 Å². The Bertz CT molecular complexity index is 285. The van der Waals surface area contributed by atoms with Crippen molar-refractivity contribution in [2.75, 3.05) is 0 Å². The predicted molar refractivity (Wildman–Crippen MR) is 57.9 cm³/mol. The van der Waals surface area contributed by atoms with E-state index in [1.165, 1.54) is 25.7 Å². The van der Waals surface area contributed by atoms with Gasteiger partial charge in [-0.2, -0.15) is 0 Å². The summed E-state index contributed by atoms with van der Waals surface area (Å²) in [4.78, 5) is 0. The van der Waals surface area contributed by atoms with E-state index in [0.717, 1.165) is 5.82 Å². The number of hydrogen-bond donors (Lipinski definition) is 0. The SMILES string of the molecule is Cc1nnnn1[C@@H]1CCCC[C@H]1I. The zero-order valence-electron chi connectivity index (χ0n) is 7.65. The van der Waals surface area contributed by atoms with Gasteiger partial charge in [0, 0.05) is 3.92 Å². The monoisotopic (exact) mass is 292 g/mol. The summed E-state index contributed by atoms with van der Waals surface area (Å²) >= 11 is 2.52. The van der Waals surface area contributed by atoms with Crippen molar-refractivity contribution in [1.29, 1.82) is 0 Å². The van der Waals surface area contributed by atoms with Crippen LogP contribution < -0.4 is 0 Å². The molecular formula is C8H13IN4. The van der Waals surface area contributed by atoms with E-state index in [4.69, 9.17) is 0 Å². The zero-order valence-corrected chi connectivity index (χ0v) is 9.81. The molecule has 0 saturated heterocycles. The van der Waals surface area contributed by atoms with Crippen molar-refractivity contribution in [3.63, 3.8) is 0 Å². The summed E-state index contributed by atoms with van der Waals surface area (Å²) in [5.41, 5.74) is 0. The minimum Gasteiger partial charge on any atom is -0.226 e. The molecule has 1 aromatic heterocycles. The molecule has 1 aliphatic carbocycles. The third-order valence-corrected chi connectivity index (χ3v) is 4.07. The maximum Gasteiger partial charge on any atom is 0.148 e. The van der Waals surface area contributed by atoms with E-state index >= 15 is 0 Å². The molecule has 0 spiro atoms. The molecule has 4 nitrogen and oxygen atoms in total. The average Bonchev–Trinajstić information content (AvgIpc) is 2.52. The highest BCUT2D eigenvalue weighted by atomic mass is 127. The zero-order chi connectivity index (χ0) is 9.26. The highest BCUT2D eigenvalue weighted by molar-refractivity contribution is 14.1. The van der Waals surface area contributed by atoms with Crippen molar-refractivity contribution < 1.29 is 0 Å². The smallest absolute Gasteiger partial charge is 0.148 e. The Morgan fingerprint density at radius 1 is 1.38 bits per heavy atom. The third kappa shape index (κ3) is 1.84. The van der Waals surface area contributed by atoms with E-state index in [-0.39, 0.29) is 0 Å². The summed E-state index contributed by atoms with van der Waals surface area (Å²) in [7, 11) is 0. The third-order valence-electron chi connectivity index (χ3n) is 2.62. The van der Waals surface area contributed by atoms with Crippen LogP contribution in [0.25, 0.3) is 0 Å². The molecule has 0 amide bonds. The molecule has 72 valence electrons. The second-order valence-electron chi connectivity index (χ2n) is 3.54. The van der Waals surface area contributed by atoms with Crippen LogP contribution in [0.15, 0.2) is 0 Å². The van der Waals surface area contributed by atoms with Crippen molar-refractivity contribution in [1.82, 2.24) is 20.2 Å². The van der Waals surface area contributed by atoms with Gasteiger partial charge in [0.1, 0.15) is 5.82 Å². The van der Waals surface area contributed by atoms with E-state index in [2.05, 4.69) is 38.1 Å². The van der Waals surface area contributed by atoms with Gasteiger partial charge in [0.2, 0.25) is 0 Å². The van der Waals surface area contributed by atoms with Crippen LogP contribution in [0, 0.1) is 6.92 Å². The van der Waals surface area contributed by atoms with E-state index in [1.807, 2.05) is 11.6 Å². The van der Waals surface area contributed by atoms with E-state index < -0.39 is 0 Å². The summed E-state index contributed by atoms with van der Waals surface area (Å²) in [6, 6.07) is 0.518. The van der Waals surface area contributed by atoms with Crippen LogP contribution in [0.1, 0.15) is 37.5 Å². The summed E-state index contributed by atoms with van der Waals surface area (Å²) in [6.07, 6.45) is 5.18. The van der Waals surface area contributed by atoms with E-state index in [0.29, 0.717) is 9.97 Å². The van der Waals surface area contributed by atoms with Crippen molar-refractivity contribution in [2.24, 2.45) is 0 Å². The lowest BCUT2D eigenvalue weighted by Crippen LogP contribution is -2.25. The number of tetrazole rings is 1. The Balaban J connectivity index is 2.19. The molecular weight excluding hydrogens is 279 g/mol. The Hall–Kier alpha value is -0.200. The average molecular weight is 292 g/mol. The number of rotatable bonds is 1. The Morgan fingerprint density at radius 2 is 2.15 bits per heavy atom. The fraction of sp³-hybridized carbons (Fsp3) is 0.875. The van der Waals surface area contributed by atoms with Crippen LogP contribution in [0.5, 0.6) is 0 Å². The van der Waals surface area contributed by atoms with Crippen LogP contribution in [-0.2, 0) is 0 Å². The van der Waals surface area contributed by atoms with Gasteiger partial charge in [-0.05, 0) is 30.2 Å². The Labute approximate surface area is 91.2 Å². The van der Waals surface area contributed by atoms with Crippen molar-refractivity contribution in [3.05, 3.63) is 5.82 Å². The molecule has 2 atom stereocenters. The molecule has 0 radical (unpaired) electrons. The first kappa shape index (κ1) is 9.36. The number of halogens is 1. The van der Waals surface area contributed by atoms with Crippen molar-refractivity contribution >= 4 is 22.6 Å². The maximum atomic E-state index is 4.04. The van der Waals surface area contributed by atoms with Gasteiger partial charge in [0.05, 0.1) is 6.04 Å². The second-order valence-corrected chi connectivity index (χ2v) is 5.14. The first-order chi connectivity index (χ1) is 6.29. The van der Waals surface area contributed by atoms with E-state index in [9.17, 15) is 0 Å². The maximum absolute atomic E-state index is 4.04. The van der Waals surface area contributed by atoms with Crippen LogP contribution >= 0.6 is 22.6 Å². The van der Waals surface area contributed by atoms with Gasteiger partial charge in [0.15, 0.2) is 0 Å². The summed E-state index contributed by atoms with van der Waals surface area (Å²) in [6.45, 7) is 1.97. The van der Waals surface area contributed by atoms with Gasteiger partial charge in [-0.3, -0.25) is 0 Å². The lowest BCUT2D eigenvalue weighted by atomic mass is 9.95. The minimum absolute atomic E-state index is 0.518. The lowest BCUT2D eigenvalue weighted by Gasteiger charge is -2.27. The number of aromatic nitrogens is 4. The normalized spacial score (nSPS) is 29.1. The molecule has 13 heavy (non-hydrogen) atoms. The molecule has 0 aromatic carbocycles. The van der Waals surface area contributed by atoms with Crippen LogP contribution in [0.4, 0.5) is 0 Å². The number of hydrogen-bond acceptors (Lipinski definition) is 3.